The van der Waals surface area contributed by atoms with Crippen LogP contribution >= 0.6 is 0 Å². The molecule has 2 unspecified atom stereocenters. The Labute approximate surface area is 99.9 Å². The van der Waals surface area contributed by atoms with Gasteiger partial charge >= 0.3 is 0 Å². The van der Waals surface area contributed by atoms with E-state index in [0.717, 1.165) is 6.42 Å². The molecule has 17 heavy (non-hydrogen) atoms. The Balaban J connectivity index is 2.19. The summed E-state index contributed by atoms with van der Waals surface area (Å²) in [5, 5.41) is 12.2. The molecular weight excluding hydrogens is 244 g/mol. The Hall–Kier alpha value is -0.950. The zero-order valence-electron chi connectivity index (χ0n) is 9.66. The standard InChI is InChI=1S/C10H16N2O4S/c1-7(13)6-9-11-10(16-12-9)8-4-2-3-5-17(8,14)15/h7-8,13H,2-6H2,1H3. The van der Waals surface area contributed by atoms with Crippen LogP contribution in [0.3, 0.4) is 0 Å². The maximum atomic E-state index is 11.8. The fourth-order valence-electron chi connectivity index (χ4n) is 1.98. The Morgan fingerprint density at radius 3 is 2.94 bits per heavy atom. The van der Waals surface area contributed by atoms with Gasteiger partial charge in [0.05, 0.1) is 11.9 Å². The van der Waals surface area contributed by atoms with E-state index in [2.05, 4.69) is 10.1 Å². The van der Waals surface area contributed by atoms with Crippen LogP contribution in [0.25, 0.3) is 0 Å². The quantitative estimate of drug-likeness (QED) is 0.856. The van der Waals surface area contributed by atoms with Crippen molar-refractivity contribution in [3.63, 3.8) is 0 Å². The Bertz CT molecular complexity index is 480. The van der Waals surface area contributed by atoms with Gasteiger partial charge < -0.3 is 9.63 Å². The maximum Gasteiger partial charge on any atom is 0.244 e. The minimum atomic E-state index is -3.15. The van der Waals surface area contributed by atoms with Gasteiger partial charge in [0.25, 0.3) is 0 Å². The minimum absolute atomic E-state index is 0.167. The largest absolute Gasteiger partial charge is 0.393 e. The van der Waals surface area contributed by atoms with Crippen LogP contribution in [-0.4, -0.2) is 35.5 Å². The molecule has 7 heteroatoms. The molecular formula is C10H16N2O4S. The molecule has 2 atom stereocenters. The van der Waals surface area contributed by atoms with Crippen molar-refractivity contribution in [3.05, 3.63) is 11.7 Å². The minimum Gasteiger partial charge on any atom is -0.393 e. The highest BCUT2D eigenvalue weighted by molar-refractivity contribution is 7.91. The summed E-state index contributed by atoms with van der Waals surface area (Å²) in [5.41, 5.74) is 0. The van der Waals surface area contributed by atoms with Crippen LogP contribution in [0.15, 0.2) is 4.52 Å². The normalized spacial score (nSPS) is 25.6. The van der Waals surface area contributed by atoms with Crippen molar-refractivity contribution in [1.29, 1.82) is 0 Å². The fourth-order valence-corrected chi connectivity index (χ4v) is 3.80. The third kappa shape index (κ3) is 2.84. The van der Waals surface area contributed by atoms with Crippen molar-refractivity contribution in [2.24, 2.45) is 0 Å². The van der Waals surface area contributed by atoms with Crippen LogP contribution < -0.4 is 0 Å². The van der Waals surface area contributed by atoms with Crippen LogP contribution in [0.5, 0.6) is 0 Å². The molecule has 1 aromatic heterocycles. The average Bonchev–Trinajstić information content (AvgIpc) is 2.64. The lowest BCUT2D eigenvalue weighted by Gasteiger charge is -2.18. The van der Waals surface area contributed by atoms with Crippen molar-refractivity contribution in [3.8, 4) is 0 Å². The molecule has 1 aliphatic rings. The highest BCUT2D eigenvalue weighted by atomic mass is 32.2. The van der Waals surface area contributed by atoms with Gasteiger partial charge in [-0.05, 0) is 19.8 Å². The van der Waals surface area contributed by atoms with Gasteiger partial charge in [0.1, 0.15) is 5.25 Å². The zero-order chi connectivity index (χ0) is 12.5. The van der Waals surface area contributed by atoms with E-state index in [0.29, 0.717) is 18.7 Å². The first-order valence-corrected chi connectivity index (χ1v) is 7.42. The van der Waals surface area contributed by atoms with Gasteiger partial charge in [0.15, 0.2) is 15.7 Å². The summed E-state index contributed by atoms with van der Waals surface area (Å²) in [7, 11) is -3.15. The smallest absolute Gasteiger partial charge is 0.244 e. The van der Waals surface area contributed by atoms with E-state index in [-0.39, 0.29) is 18.1 Å². The van der Waals surface area contributed by atoms with Gasteiger partial charge in [-0.3, -0.25) is 0 Å². The van der Waals surface area contributed by atoms with Gasteiger partial charge in [-0.15, -0.1) is 0 Å². The molecule has 0 saturated carbocycles. The van der Waals surface area contributed by atoms with E-state index in [1.54, 1.807) is 6.92 Å². The van der Waals surface area contributed by atoms with E-state index in [1.807, 2.05) is 0 Å². The molecule has 6 nitrogen and oxygen atoms in total. The number of nitrogens with zero attached hydrogens (tertiary/aromatic N) is 2. The van der Waals surface area contributed by atoms with E-state index in [9.17, 15) is 13.5 Å². The molecule has 2 rings (SSSR count). The lowest BCUT2D eigenvalue weighted by Crippen LogP contribution is -2.22. The second kappa shape index (κ2) is 4.73. The Morgan fingerprint density at radius 2 is 2.29 bits per heavy atom. The van der Waals surface area contributed by atoms with E-state index < -0.39 is 21.2 Å². The number of hydrogen-bond donors (Lipinski definition) is 1. The Kier molecular flexibility index (Phi) is 3.48. The third-order valence-electron chi connectivity index (χ3n) is 2.82. The molecule has 0 spiro atoms. The molecule has 0 aliphatic carbocycles. The van der Waals surface area contributed by atoms with Crippen molar-refractivity contribution in [1.82, 2.24) is 10.1 Å². The number of rotatable bonds is 3. The molecule has 1 aromatic rings. The Morgan fingerprint density at radius 1 is 1.53 bits per heavy atom. The molecule has 0 aromatic carbocycles. The summed E-state index contributed by atoms with van der Waals surface area (Å²) in [6.45, 7) is 1.62. The SMILES string of the molecule is CC(O)Cc1noc(C2CCCCS2(=O)=O)n1. The van der Waals surface area contributed by atoms with Gasteiger partial charge in [-0.1, -0.05) is 11.6 Å². The number of aliphatic hydroxyl groups excluding tert-OH is 1. The van der Waals surface area contributed by atoms with E-state index in [1.165, 1.54) is 0 Å². The van der Waals surface area contributed by atoms with Crippen molar-refractivity contribution in [2.75, 3.05) is 5.75 Å². The highest BCUT2D eigenvalue weighted by Crippen LogP contribution is 2.32. The summed E-state index contributed by atoms with van der Waals surface area (Å²) >= 11 is 0. The number of aromatic nitrogens is 2. The molecule has 1 N–H and O–H groups in total. The zero-order valence-corrected chi connectivity index (χ0v) is 10.5. The average molecular weight is 260 g/mol. The summed E-state index contributed by atoms with van der Waals surface area (Å²) in [4.78, 5) is 4.05. The molecule has 2 heterocycles. The monoisotopic (exact) mass is 260 g/mol. The molecule has 0 bridgehead atoms. The highest BCUT2D eigenvalue weighted by Gasteiger charge is 2.34. The molecule has 0 amide bonds. The van der Waals surface area contributed by atoms with Gasteiger partial charge in [-0.25, -0.2) is 8.42 Å². The van der Waals surface area contributed by atoms with E-state index in [4.69, 9.17) is 4.52 Å². The van der Waals surface area contributed by atoms with Crippen LogP contribution in [0.4, 0.5) is 0 Å². The summed E-state index contributed by atoms with van der Waals surface area (Å²) in [5.74, 6) is 0.710. The van der Waals surface area contributed by atoms with Gasteiger partial charge in [0.2, 0.25) is 5.89 Å². The van der Waals surface area contributed by atoms with E-state index >= 15 is 0 Å². The van der Waals surface area contributed by atoms with Crippen LogP contribution in [-0.2, 0) is 16.3 Å². The third-order valence-corrected chi connectivity index (χ3v) is 4.98. The first kappa shape index (κ1) is 12.5. The van der Waals surface area contributed by atoms with Crippen molar-refractivity contribution < 1.29 is 18.0 Å². The summed E-state index contributed by atoms with van der Waals surface area (Å²) in [6.07, 6.45) is 1.81. The second-order valence-electron chi connectivity index (χ2n) is 4.45. The fraction of sp³-hybridized carbons (Fsp3) is 0.800. The lowest BCUT2D eigenvalue weighted by atomic mass is 10.2. The summed E-state index contributed by atoms with van der Waals surface area (Å²) < 4.78 is 28.7. The number of aliphatic hydroxyl groups is 1. The summed E-state index contributed by atoms with van der Waals surface area (Å²) in [6, 6.07) is 0. The van der Waals surface area contributed by atoms with Crippen molar-refractivity contribution in [2.45, 2.75) is 44.0 Å². The maximum absolute atomic E-state index is 11.8. The topological polar surface area (TPSA) is 93.3 Å². The molecule has 0 radical (unpaired) electrons. The molecule has 96 valence electrons. The van der Waals surface area contributed by atoms with Crippen LogP contribution in [0.2, 0.25) is 0 Å². The predicted molar refractivity (Wildman–Crippen MR) is 60.1 cm³/mol. The first-order valence-electron chi connectivity index (χ1n) is 5.71. The molecule has 1 fully saturated rings. The molecule has 1 saturated heterocycles. The van der Waals surface area contributed by atoms with Crippen LogP contribution in [0, 0.1) is 0 Å². The van der Waals surface area contributed by atoms with Gasteiger partial charge in [-0.2, -0.15) is 4.98 Å². The predicted octanol–water partition coefficient (Wildman–Crippen LogP) is 0.633. The first-order chi connectivity index (χ1) is 7.99. The number of sulfone groups is 1. The number of hydrogen-bond acceptors (Lipinski definition) is 6. The lowest BCUT2D eigenvalue weighted by molar-refractivity contribution is 0.191. The van der Waals surface area contributed by atoms with Crippen molar-refractivity contribution >= 4 is 9.84 Å². The van der Waals surface area contributed by atoms with Crippen LogP contribution in [0.1, 0.15) is 43.2 Å². The second-order valence-corrected chi connectivity index (χ2v) is 6.76. The molecule has 1 aliphatic heterocycles. The van der Waals surface area contributed by atoms with Gasteiger partial charge in [0, 0.05) is 6.42 Å².